The molecule has 0 aliphatic carbocycles. The molecule has 0 saturated carbocycles. The smallest absolute Gasteiger partial charge is 0.193 e. The van der Waals surface area contributed by atoms with Crippen LogP contribution in [0.2, 0.25) is 0 Å². The van der Waals surface area contributed by atoms with Gasteiger partial charge < -0.3 is 20.5 Å². The minimum absolute atomic E-state index is 0.385. The number of nitrogens with one attached hydrogen (secondary N) is 1. The monoisotopic (exact) mass is 237 g/mol. The van der Waals surface area contributed by atoms with Gasteiger partial charge in [0.25, 0.3) is 0 Å². The molecule has 0 fully saturated rings. The zero-order valence-corrected chi connectivity index (χ0v) is 10.5. The number of rotatable bonds is 5. The molecule has 0 aliphatic rings. The summed E-state index contributed by atoms with van der Waals surface area (Å²) in [5.41, 5.74) is 6.51. The van der Waals surface area contributed by atoms with Crippen LogP contribution in [0.1, 0.15) is 13.3 Å². The van der Waals surface area contributed by atoms with Crippen LogP contribution in [0, 0.1) is 0 Å². The fraction of sp³-hybridized carbons (Fsp3) is 0.417. The zero-order chi connectivity index (χ0) is 12.7. The lowest BCUT2D eigenvalue weighted by Crippen LogP contribution is -2.23. The maximum absolute atomic E-state index is 5.74. The third kappa shape index (κ3) is 3.86. The predicted molar refractivity (Wildman–Crippen MR) is 69.9 cm³/mol. The van der Waals surface area contributed by atoms with E-state index in [0.29, 0.717) is 18.3 Å². The molecule has 3 N–H and O–H groups in total. The normalized spacial score (nSPS) is 11.1. The van der Waals surface area contributed by atoms with Crippen LogP contribution in [0.15, 0.2) is 23.2 Å². The average Bonchev–Trinajstić information content (AvgIpc) is 2.36. The lowest BCUT2D eigenvalue weighted by Gasteiger charge is -2.11. The SMILES string of the molecule is CCCN=C(N)Nc1ccc(OC)cc1OC. The summed E-state index contributed by atoms with van der Waals surface area (Å²) in [5, 5.41) is 2.99. The van der Waals surface area contributed by atoms with Gasteiger partial charge in [-0.2, -0.15) is 0 Å². The first-order chi connectivity index (χ1) is 8.21. The van der Waals surface area contributed by atoms with Gasteiger partial charge in [-0.3, -0.25) is 4.99 Å². The molecule has 0 radical (unpaired) electrons. The van der Waals surface area contributed by atoms with Crippen LogP contribution in [0.3, 0.4) is 0 Å². The molecule has 0 unspecified atom stereocenters. The molecule has 0 aromatic heterocycles. The molecule has 0 saturated heterocycles. The highest BCUT2D eigenvalue weighted by molar-refractivity contribution is 5.93. The van der Waals surface area contributed by atoms with E-state index < -0.39 is 0 Å². The van der Waals surface area contributed by atoms with Gasteiger partial charge in [-0.05, 0) is 18.6 Å². The molecule has 5 nitrogen and oxygen atoms in total. The van der Waals surface area contributed by atoms with E-state index in [0.717, 1.165) is 17.9 Å². The first kappa shape index (κ1) is 13.2. The van der Waals surface area contributed by atoms with Gasteiger partial charge in [-0.15, -0.1) is 0 Å². The molecule has 5 heteroatoms. The van der Waals surface area contributed by atoms with Gasteiger partial charge in [0.05, 0.1) is 19.9 Å². The van der Waals surface area contributed by atoms with Gasteiger partial charge >= 0.3 is 0 Å². The molecule has 1 aromatic rings. The third-order valence-corrected chi connectivity index (χ3v) is 2.18. The van der Waals surface area contributed by atoms with E-state index >= 15 is 0 Å². The Kier molecular flexibility index (Phi) is 5.13. The van der Waals surface area contributed by atoms with Crippen molar-refractivity contribution in [3.8, 4) is 11.5 Å². The molecule has 0 amide bonds. The van der Waals surface area contributed by atoms with Gasteiger partial charge in [0.1, 0.15) is 11.5 Å². The Bertz CT molecular complexity index is 391. The summed E-state index contributed by atoms with van der Waals surface area (Å²) in [6.07, 6.45) is 0.960. The van der Waals surface area contributed by atoms with Crippen LogP contribution < -0.4 is 20.5 Å². The van der Waals surface area contributed by atoms with Crippen molar-refractivity contribution >= 4 is 11.6 Å². The molecule has 0 aliphatic heterocycles. The molecular weight excluding hydrogens is 218 g/mol. The lowest BCUT2D eigenvalue weighted by molar-refractivity contribution is 0.395. The molecule has 0 bridgehead atoms. The number of aliphatic imine (C=N–C) groups is 1. The zero-order valence-electron chi connectivity index (χ0n) is 10.5. The topological polar surface area (TPSA) is 68.9 Å². The number of methoxy groups -OCH3 is 2. The van der Waals surface area contributed by atoms with E-state index in [1.54, 1.807) is 20.3 Å². The average molecular weight is 237 g/mol. The summed E-state index contributed by atoms with van der Waals surface area (Å²) < 4.78 is 10.4. The third-order valence-electron chi connectivity index (χ3n) is 2.18. The van der Waals surface area contributed by atoms with Gasteiger partial charge in [-0.1, -0.05) is 6.92 Å². The molecule has 1 aromatic carbocycles. The first-order valence-electron chi connectivity index (χ1n) is 5.50. The van der Waals surface area contributed by atoms with Crippen molar-refractivity contribution in [2.45, 2.75) is 13.3 Å². The molecule has 1 rings (SSSR count). The van der Waals surface area contributed by atoms with Crippen LogP contribution in [0.4, 0.5) is 5.69 Å². The van der Waals surface area contributed by atoms with E-state index in [2.05, 4.69) is 10.3 Å². The lowest BCUT2D eigenvalue weighted by atomic mass is 10.2. The summed E-state index contributed by atoms with van der Waals surface area (Å²) in [6, 6.07) is 5.46. The number of benzene rings is 1. The van der Waals surface area contributed by atoms with E-state index in [1.807, 2.05) is 19.1 Å². The van der Waals surface area contributed by atoms with E-state index in [1.165, 1.54) is 0 Å². The van der Waals surface area contributed by atoms with Crippen molar-refractivity contribution in [3.05, 3.63) is 18.2 Å². The van der Waals surface area contributed by atoms with Crippen LogP contribution in [0.5, 0.6) is 11.5 Å². The Morgan fingerprint density at radius 2 is 2.12 bits per heavy atom. The number of nitrogens with zero attached hydrogens (tertiary/aromatic N) is 1. The van der Waals surface area contributed by atoms with Crippen LogP contribution >= 0.6 is 0 Å². The number of hydrogen-bond donors (Lipinski definition) is 2. The molecule has 94 valence electrons. The molecule has 0 heterocycles. The van der Waals surface area contributed by atoms with Gasteiger partial charge in [0.2, 0.25) is 0 Å². The fourth-order valence-corrected chi connectivity index (χ4v) is 1.31. The Morgan fingerprint density at radius 3 is 2.71 bits per heavy atom. The van der Waals surface area contributed by atoms with Crippen molar-refractivity contribution in [2.24, 2.45) is 10.7 Å². The minimum Gasteiger partial charge on any atom is -0.497 e. The van der Waals surface area contributed by atoms with E-state index in [9.17, 15) is 0 Å². The molecule has 17 heavy (non-hydrogen) atoms. The van der Waals surface area contributed by atoms with Crippen molar-refractivity contribution < 1.29 is 9.47 Å². The number of guanidine groups is 1. The maximum atomic E-state index is 5.74. The minimum atomic E-state index is 0.385. The Hall–Kier alpha value is -1.91. The van der Waals surface area contributed by atoms with Gasteiger partial charge in [0.15, 0.2) is 5.96 Å². The van der Waals surface area contributed by atoms with Gasteiger partial charge in [-0.25, -0.2) is 0 Å². The second-order valence-corrected chi connectivity index (χ2v) is 3.46. The van der Waals surface area contributed by atoms with Crippen LogP contribution in [0.25, 0.3) is 0 Å². The summed E-state index contributed by atoms with van der Waals surface area (Å²) >= 11 is 0. The van der Waals surface area contributed by atoms with Crippen molar-refractivity contribution in [1.29, 1.82) is 0 Å². The van der Waals surface area contributed by atoms with Gasteiger partial charge in [0, 0.05) is 12.6 Å². The largest absolute Gasteiger partial charge is 0.497 e. The Balaban J connectivity index is 2.83. The van der Waals surface area contributed by atoms with Crippen molar-refractivity contribution in [3.63, 3.8) is 0 Å². The summed E-state index contributed by atoms with van der Waals surface area (Å²) in [5.74, 6) is 1.78. The summed E-state index contributed by atoms with van der Waals surface area (Å²) in [7, 11) is 3.21. The highest BCUT2D eigenvalue weighted by atomic mass is 16.5. The van der Waals surface area contributed by atoms with E-state index in [-0.39, 0.29) is 0 Å². The quantitative estimate of drug-likeness (QED) is 0.605. The molecule has 0 atom stereocenters. The second kappa shape index (κ2) is 6.62. The summed E-state index contributed by atoms with van der Waals surface area (Å²) in [4.78, 5) is 4.15. The van der Waals surface area contributed by atoms with Crippen LogP contribution in [-0.4, -0.2) is 26.7 Å². The highest BCUT2D eigenvalue weighted by Gasteiger charge is 2.05. The summed E-state index contributed by atoms with van der Waals surface area (Å²) in [6.45, 7) is 2.75. The second-order valence-electron chi connectivity index (χ2n) is 3.46. The number of anilines is 1. The Labute approximate surface area is 102 Å². The molecular formula is C12H19N3O2. The van der Waals surface area contributed by atoms with Crippen LogP contribution in [-0.2, 0) is 0 Å². The first-order valence-corrected chi connectivity index (χ1v) is 5.50. The number of hydrogen-bond acceptors (Lipinski definition) is 3. The number of ether oxygens (including phenoxy) is 2. The number of nitrogens with two attached hydrogens (primary N) is 1. The standard InChI is InChI=1S/C12H19N3O2/c1-4-7-14-12(13)15-10-6-5-9(16-2)8-11(10)17-3/h5-6,8H,4,7H2,1-3H3,(H3,13,14,15). The van der Waals surface area contributed by atoms with Crippen molar-refractivity contribution in [1.82, 2.24) is 0 Å². The molecule has 0 spiro atoms. The fourth-order valence-electron chi connectivity index (χ4n) is 1.31. The predicted octanol–water partition coefficient (Wildman–Crippen LogP) is 1.84. The van der Waals surface area contributed by atoms with E-state index in [4.69, 9.17) is 15.2 Å². The maximum Gasteiger partial charge on any atom is 0.193 e. The Morgan fingerprint density at radius 1 is 1.35 bits per heavy atom. The van der Waals surface area contributed by atoms with Crippen molar-refractivity contribution in [2.75, 3.05) is 26.1 Å². The highest BCUT2D eigenvalue weighted by Crippen LogP contribution is 2.28.